The van der Waals surface area contributed by atoms with Crippen LogP contribution in [0.3, 0.4) is 0 Å². The van der Waals surface area contributed by atoms with E-state index in [2.05, 4.69) is 21.9 Å². The van der Waals surface area contributed by atoms with Crippen molar-refractivity contribution in [2.24, 2.45) is 0 Å². The maximum Gasteiger partial charge on any atom is 0.291 e. The molecule has 0 aliphatic rings. The molecule has 0 bridgehead atoms. The van der Waals surface area contributed by atoms with Crippen LogP contribution in [0.4, 0.5) is 0 Å². The van der Waals surface area contributed by atoms with Gasteiger partial charge in [-0.3, -0.25) is 0 Å². The van der Waals surface area contributed by atoms with Crippen LogP contribution in [0.15, 0.2) is 25.3 Å². The Morgan fingerprint density at radius 2 is 1.54 bits per heavy atom. The summed E-state index contributed by atoms with van der Waals surface area (Å²) in [5.41, 5.74) is 0. The first-order chi connectivity index (χ1) is 6.38. The summed E-state index contributed by atoms with van der Waals surface area (Å²) >= 11 is 1.05. The molecule has 0 spiro atoms. The van der Waals surface area contributed by atoms with Crippen LogP contribution in [0.2, 0.25) is 0 Å². The Morgan fingerprint density at radius 1 is 1.08 bits per heavy atom. The normalized spacial score (nSPS) is 9.23. The van der Waals surface area contributed by atoms with Crippen LogP contribution in [0, 0.1) is 0 Å². The second-order valence-electron chi connectivity index (χ2n) is 2.07. The van der Waals surface area contributed by atoms with Crippen molar-refractivity contribution in [1.29, 1.82) is 0 Å². The maximum absolute atomic E-state index is 5.18. The van der Waals surface area contributed by atoms with Gasteiger partial charge in [0.25, 0.3) is 11.8 Å². The van der Waals surface area contributed by atoms with Crippen molar-refractivity contribution in [3.05, 3.63) is 25.3 Å². The highest BCUT2D eigenvalue weighted by atomic mass is 32.1. The quantitative estimate of drug-likeness (QED) is 0.652. The lowest BCUT2D eigenvalue weighted by Crippen LogP contribution is -1.98. The zero-order valence-electron chi connectivity index (χ0n) is 7.10. The van der Waals surface area contributed by atoms with E-state index in [9.17, 15) is 0 Å². The molecule has 1 heterocycles. The second kappa shape index (κ2) is 5.31. The Labute approximate surface area is 80.8 Å². The third-order valence-electron chi connectivity index (χ3n) is 1.11. The van der Waals surface area contributed by atoms with E-state index in [4.69, 9.17) is 9.47 Å². The Bertz CT molecular complexity index is 259. The predicted octanol–water partition coefficient (Wildman–Crippen LogP) is 1.67. The summed E-state index contributed by atoms with van der Waals surface area (Å²) in [6.45, 7) is 7.85. The molecule has 5 heteroatoms. The third kappa shape index (κ3) is 2.87. The van der Waals surface area contributed by atoms with Gasteiger partial charge < -0.3 is 9.47 Å². The van der Waals surface area contributed by atoms with Crippen LogP contribution >= 0.6 is 11.7 Å². The summed E-state index contributed by atoms with van der Waals surface area (Å²) < 4.78 is 18.2. The van der Waals surface area contributed by atoms with Crippen LogP contribution in [0.25, 0.3) is 0 Å². The monoisotopic (exact) mass is 198 g/mol. The van der Waals surface area contributed by atoms with Gasteiger partial charge in [0.1, 0.15) is 13.2 Å². The minimum Gasteiger partial charge on any atom is -0.469 e. The van der Waals surface area contributed by atoms with Crippen molar-refractivity contribution in [3.63, 3.8) is 0 Å². The van der Waals surface area contributed by atoms with Gasteiger partial charge in [-0.1, -0.05) is 25.3 Å². The van der Waals surface area contributed by atoms with Crippen molar-refractivity contribution in [2.45, 2.75) is 0 Å². The highest BCUT2D eigenvalue weighted by molar-refractivity contribution is 6.99. The topological polar surface area (TPSA) is 44.2 Å². The molecule has 0 fully saturated rings. The highest BCUT2D eigenvalue weighted by Crippen LogP contribution is 2.23. The molecule has 0 aliphatic heterocycles. The summed E-state index contributed by atoms with van der Waals surface area (Å²) in [5.74, 6) is 0.818. The molecule has 4 nitrogen and oxygen atoms in total. The van der Waals surface area contributed by atoms with Crippen molar-refractivity contribution in [2.75, 3.05) is 13.2 Å². The first kappa shape index (κ1) is 9.73. The molecule has 1 aromatic rings. The van der Waals surface area contributed by atoms with Gasteiger partial charge in [-0.15, -0.1) is 8.75 Å². The lowest BCUT2D eigenvalue weighted by Gasteiger charge is -2.01. The van der Waals surface area contributed by atoms with E-state index in [1.807, 2.05) is 0 Å². The molecule has 0 unspecified atom stereocenters. The molecular formula is C8H10N2O2S. The SMILES string of the molecule is C=CCOc1nsnc1OCC=C. The molecular weight excluding hydrogens is 188 g/mol. The van der Waals surface area contributed by atoms with E-state index in [0.29, 0.717) is 25.0 Å². The molecule has 0 saturated heterocycles. The Hall–Kier alpha value is -1.36. The van der Waals surface area contributed by atoms with E-state index < -0.39 is 0 Å². The standard InChI is InChI=1S/C8H10N2O2S/c1-3-5-11-7-8(10-13-9-7)12-6-4-2/h3-4H,1-2,5-6H2. The zero-order chi connectivity index (χ0) is 9.52. The van der Waals surface area contributed by atoms with E-state index in [0.717, 1.165) is 11.7 Å². The van der Waals surface area contributed by atoms with Gasteiger partial charge in [0.15, 0.2) is 0 Å². The molecule has 1 rings (SSSR count). The molecule has 70 valence electrons. The van der Waals surface area contributed by atoms with Gasteiger partial charge in [0.05, 0.1) is 11.7 Å². The maximum atomic E-state index is 5.18. The van der Waals surface area contributed by atoms with Crippen molar-refractivity contribution < 1.29 is 9.47 Å². The molecule has 0 saturated carbocycles. The van der Waals surface area contributed by atoms with Crippen LogP contribution in [0.1, 0.15) is 0 Å². The smallest absolute Gasteiger partial charge is 0.291 e. The summed E-state index contributed by atoms with van der Waals surface area (Å²) in [6.07, 6.45) is 3.27. The average molecular weight is 198 g/mol. The first-order valence-electron chi connectivity index (χ1n) is 3.68. The van der Waals surface area contributed by atoms with E-state index in [1.165, 1.54) is 0 Å². The minimum atomic E-state index is 0.399. The van der Waals surface area contributed by atoms with Gasteiger partial charge in [-0.25, -0.2) is 0 Å². The number of ether oxygens (including phenoxy) is 2. The highest BCUT2D eigenvalue weighted by Gasteiger charge is 2.08. The van der Waals surface area contributed by atoms with Crippen molar-refractivity contribution >= 4 is 11.7 Å². The number of rotatable bonds is 6. The average Bonchev–Trinajstić information content (AvgIpc) is 2.59. The lowest BCUT2D eigenvalue weighted by molar-refractivity contribution is 0.295. The van der Waals surface area contributed by atoms with E-state index >= 15 is 0 Å². The molecule has 0 aromatic carbocycles. The summed E-state index contributed by atoms with van der Waals surface area (Å²) in [7, 11) is 0. The van der Waals surface area contributed by atoms with E-state index in [-0.39, 0.29) is 0 Å². The lowest BCUT2D eigenvalue weighted by atomic mass is 10.6. The molecule has 0 atom stereocenters. The fraction of sp³-hybridized carbons (Fsp3) is 0.250. The molecule has 0 N–H and O–H groups in total. The van der Waals surface area contributed by atoms with Crippen LogP contribution in [-0.2, 0) is 0 Å². The second-order valence-corrected chi connectivity index (χ2v) is 2.60. The first-order valence-corrected chi connectivity index (χ1v) is 4.41. The van der Waals surface area contributed by atoms with Gasteiger partial charge >= 0.3 is 0 Å². The van der Waals surface area contributed by atoms with Crippen molar-refractivity contribution in [3.8, 4) is 11.8 Å². The number of aromatic nitrogens is 2. The van der Waals surface area contributed by atoms with Crippen LogP contribution in [0.5, 0.6) is 11.8 Å². The largest absolute Gasteiger partial charge is 0.469 e. The molecule has 0 amide bonds. The number of nitrogens with zero attached hydrogens (tertiary/aromatic N) is 2. The van der Waals surface area contributed by atoms with E-state index in [1.54, 1.807) is 12.2 Å². The molecule has 13 heavy (non-hydrogen) atoms. The Kier molecular flexibility index (Phi) is 3.98. The fourth-order valence-electron chi connectivity index (χ4n) is 0.625. The summed E-state index contributed by atoms with van der Waals surface area (Å²) in [4.78, 5) is 0. The van der Waals surface area contributed by atoms with Gasteiger partial charge in [-0.05, 0) is 0 Å². The van der Waals surface area contributed by atoms with Gasteiger partial charge in [0, 0.05) is 0 Å². The summed E-state index contributed by atoms with van der Waals surface area (Å²) in [5, 5.41) is 0. The zero-order valence-corrected chi connectivity index (χ0v) is 7.92. The molecule has 1 aromatic heterocycles. The molecule has 0 aliphatic carbocycles. The number of hydrogen-bond acceptors (Lipinski definition) is 5. The summed E-state index contributed by atoms with van der Waals surface area (Å²) in [6, 6.07) is 0. The Morgan fingerprint density at radius 3 is 1.92 bits per heavy atom. The van der Waals surface area contributed by atoms with Crippen molar-refractivity contribution in [1.82, 2.24) is 8.75 Å². The van der Waals surface area contributed by atoms with Gasteiger partial charge in [-0.2, -0.15) is 0 Å². The Balaban J connectivity index is 2.54. The molecule has 0 radical (unpaired) electrons. The van der Waals surface area contributed by atoms with Crippen LogP contribution < -0.4 is 9.47 Å². The fourth-order valence-corrected chi connectivity index (χ4v) is 1.08. The number of hydrogen-bond donors (Lipinski definition) is 0. The predicted molar refractivity (Wildman–Crippen MR) is 51.3 cm³/mol. The minimum absolute atomic E-state index is 0.399. The van der Waals surface area contributed by atoms with Gasteiger partial charge in [0.2, 0.25) is 0 Å². The third-order valence-corrected chi connectivity index (χ3v) is 1.60. The van der Waals surface area contributed by atoms with Crippen LogP contribution in [-0.4, -0.2) is 22.0 Å².